The van der Waals surface area contributed by atoms with Gasteiger partial charge in [-0.3, -0.25) is 0 Å². The second-order valence-electron chi connectivity index (χ2n) is 4.12. The van der Waals surface area contributed by atoms with Crippen LogP contribution in [0, 0.1) is 0 Å². The minimum absolute atomic E-state index is 0.999. The predicted octanol–water partition coefficient (Wildman–Crippen LogP) is 4.39. The van der Waals surface area contributed by atoms with Gasteiger partial charge in [-0.25, -0.2) is 0 Å². The smallest absolute Gasteiger partial charge is 0.134 e. The van der Waals surface area contributed by atoms with Crippen molar-refractivity contribution >= 4 is 16.5 Å². The quantitative estimate of drug-likeness (QED) is 0.662. The molecule has 1 heteroatoms. The Morgan fingerprint density at radius 1 is 1.07 bits per heavy atom. The van der Waals surface area contributed by atoms with Crippen molar-refractivity contribution in [3.8, 4) is 0 Å². The summed E-state index contributed by atoms with van der Waals surface area (Å²) in [5.74, 6) is 1.07. The maximum absolute atomic E-state index is 5.84. The van der Waals surface area contributed by atoms with E-state index in [2.05, 4.69) is 24.3 Å². The molecule has 0 unspecified atom stereocenters. The Hall–Kier alpha value is -1.50. The lowest BCUT2D eigenvalue weighted by molar-refractivity contribution is 0.589. The van der Waals surface area contributed by atoms with Crippen molar-refractivity contribution in [1.29, 1.82) is 0 Å². The first kappa shape index (κ1) is 8.78. The molecule has 2 aromatic rings. The maximum atomic E-state index is 5.84. The molecule has 0 N–H and O–H groups in total. The van der Waals surface area contributed by atoms with E-state index in [-0.39, 0.29) is 0 Å². The molecule has 0 atom stereocenters. The number of para-hydroxylation sites is 1. The van der Waals surface area contributed by atoms with Gasteiger partial charge in [0.25, 0.3) is 0 Å². The topological polar surface area (TPSA) is 13.1 Å². The predicted molar refractivity (Wildman–Crippen MR) is 62.7 cm³/mol. The number of hydrogen-bond acceptors (Lipinski definition) is 1. The Kier molecular flexibility index (Phi) is 2.09. The molecular weight excluding hydrogens is 184 g/mol. The van der Waals surface area contributed by atoms with Crippen LogP contribution in [0.1, 0.15) is 31.4 Å². The summed E-state index contributed by atoms with van der Waals surface area (Å²) in [6.07, 6.45) is 7.31. The molecule has 0 radical (unpaired) electrons. The van der Waals surface area contributed by atoms with Gasteiger partial charge < -0.3 is 4.42 Å². The largest absolute Gasteiger partial charge is 0.456 e. The molecule has 15 heavy (non-hydrogen) atoms. The van der Waals surface area contributed by atoms with Crippen LogP contribution >= 0.6 is 0 Å². The third-order valence-electron chi connectivity index (χ3n) is 3.03. The van der Waals surface area contributed by atoms with Gasteiger partial charge in [-0.15, -0.1) is 0 Å². The minimum Gasteiger partial charge on any atom is -0.456 e. The Bertz CT molecular complexity index is 472. The van der Waals surface area contributed by atoms with Crippen LogP contribution in [0.2, 0.25) is 0 Å². The van der Waals surface area contributed by atoms with Crippen molar-refractivity contribution in [2.24, 2.45) is 0 Å². The first-order valence-electron chi connectivity index (χ1n) is 5.61. The second-order valence-corrected chi connectivity index (χ2v) is 4.12. The van der Waals surface area contributed by atoms with Gasteiger partial charge in [0.05, 0.1) is 0 Å². The zero-order chi connectivity index (χ0) is 10.1. The molecule has 0 saturated carbocycles. The molecule has 1 aliphatic carbocycles. The first-order chi connectivity index (χ1) is 7.43. The molecule has 1 aromatic carbocycles. The van der Waals surface area contributed by atoms with Gasteiger partial charge >= 0.3 is 0 Å². The van der Waals surface area contributed by atoms with Gasteiger partial charge in [-0.05, 0) is 43.4 Å². The molecule has 1 heterocycles. The standard InChI is InChI=1S/C14H14O/c1-2-6-11(7-3-1)14-10-12-8-4-5-9-13(12)15-14/h4-6,8-10H,1-3,7H2. The van der Waals surface area contributed by atoms with Crippen LogP contribution in [0.15, 0.2) is 40.8 Å². The number of furan rings is 1. The molecule has 0 saturated heterocycles. The van der Waals surface area contributed by atoms with E-state index in [1.54, 1.807) is 0 Å². The Morgan fingerprint density at radius 2 is 2.00 bits per heavy atom. The van der Waals surface area contributed by atoms with E-state index >= 15 is 0 Å². The average Bonchev–Trinajstić information content (AvgIpc) is 2.74. The monoisotopic (exact) mass is 198 g/mol. The van der Waals surface area contributed by atoms with E-state index in [0.717, 1.165) is 11.3 Å². The van der Waals surface area contributed by atoms with E-state index in [1.165, 1.54) is 36.6 Å². The highest BCUT2D eigenvalue weighted by molar-refractivity contribution is 5.81. The fourth-order valence-corrected chi connectivity index (χ4v) is 2.20. The van der Waals surface area contributed by atoms with Crippen LogP contribution in [0.5, 0.6) is 0 Å². The van der Waals surface area contributed by atoms with Crippen molar-refractivity contribution < 1.29 is 4.42 Å². The third-order valence-corrected chi connectivity index (χ3v) is 3.03. The minimum atomic E-state index is 0.999. The molecule has 0 fully saturated rings. The number of benzene rings is 1. The lowest BCUT2D eigenvalue weighted by Crippen LogP contribution is -1.89. The maximum Gasteiger partial charge on any atom is 0.134 e. The lowest BCUT2D eigenvalue weighted by Gasteiger charge is -2.09. The van der Waals surface area contributed by atoms with E-state index in [1.807, 2.05) is 12.1 Å². The molecule has 0 spiro atoms. The van der Waals surface area contributed by atoms with Gasteiger partial charge in [0.15, 0.2) is 0 Å². The molecule has 1 aliphatic rings. The van der Waals surface area contributed by atoms with Crippen molar-refractivity contribution in [2.75, 3.05) is 0 Å². The summed E-state index contributed by atoms with van der Waals surface area (Å²) in [6, 6.07) is 10.4. The zero-order valence-electron chi connectivity index (χ0n) is 8.70. The third kappa shape index (κ3) is 1.58. The Balaban J connectivity index is 2.07. The van der Waals surface area contributed by atoms with Crippen LogP contribution in [-0.2, 0) is 0 Å². The van der Waals surface area contributed by atoms with Crippen molar-refractivity contribution in [3.05, 3.63) is 42.2 Å². The summed E-state index contributed by atoms with van der Waals surface area (Å²) in [7, 11) is 0. The summed E-state index contributed by atoms with van der Waals surface area (Å²) in [5, 5.41) is 1.21. The van der Waals surface area contributed by atoms with Gasteiger partial charge in [-0.2, -0.15) is 0 Å². The van der Waals surface area contributed by atoms with Crippen LogP contribution < -0.4 is 0 Å². The number of fused-ring (bicyclic) bond motifs is 1. The zero-order valence-corrected chi connectivity index (χ0v) is 8.70. The Morgan fingerprint density at radius 3 is 2.80 bits per heavy atom. The van der Waals surface area contributed by atoms with Gasteiger partial charge in [0.1, 0.15) is 11.3 Å². The van der Waals surface area contributed by atoms with E-state index < -0.39 is 0 Å². The van der Waals surface area contributed by atoms with Crippen molar-refractivity contribution in [2.45, 2.75) is 25.7 Å². The molecule has 3 rings (SSSR count). The molecular formula is C14H14O. The summed E-state index contributed by atoms with van der Waals surface area (Å²) in [6.45, 7) is 0. The SMILES string of the molecule is C1=C(c2cc3ccccc3o2)CCCC1. The number of allylic oxidation sites excluding steroid dienone is 2. The summed E-state index contributed by atoms with van der Waals surface area (Å²) in [5.41, 5.74) is 2.39. The summed E-state index contributed by atoms with van der Waals surface area (Å²) >= 11 is 0. The van der Waals surface area contributed by atoms with E-state index in [0.29, 0.717) is 0 Å². The normalized spacial score (nSPS) is 16.7. The highest BCUT2D eigenvalue weighted by atomic mass is 16.3. The molecule has 76 valence electrons. The highest BCUT2D eigenvalue weighted by Crippen LogP contribution is 2.30. The van der Waals surface area contributed by atoms with Crippen LogP contribution in [0.25, 0.3) is 16.5 Å². The fraction of sp³-hybridized carbons (Fsp3) is 0.286. The highest BCUT2D eigenvalue weighted by Gasteiger charge is 2.10. The molecule has 0 bridgehead atoms. The van der Waals surface area contributed by atoms with Crippen LogP contribution in [-0.4, -0.2) is 0 Å². The second kappa shape index (κ2) is 3.58. The lowest BCUT2D eigenvalue weighted by atomic mass is 9.98. The number of rotatable bonds is 1. The molecule has 0 amide bonds. The number of hydrogen-bond donors (Lipinski definition) is 0. The van der Waals surface area contributed by atoms with Crippen molar-refractivity contribution in [1.82, 2.24) is 0 Å². The fourth-order valence-electron chi connectivity index (χ4n) is 2.20. The first-order valence-corrected chi connectivity index (χ1v) is 5.61. The molecule has 0 aliphatic heterocycles. The molecule has 1 nitrogen and oxygen atoms in total. The van der Waals surface area contributed by atoms with Crippen molar-refractivity contribution in [3.63, 3.8) is 0 Å². The molecule has 1 aromatic heterocycles. The summed E-state index contributed by atoms with van der Waals surface area (Å²) in [4.78, 5) is 0. The van der Waals surface area contributed by atoms with E-state index in [4.69, 9.17) is 4.42 Å². The van der Waals surface area contributed by atoms with Crippen LogP contribution in [0.3, 0.4) is 0 Å². The van der Waals surface area contributed by atoms with Crippen LogP contribution in [0.4, 0.5) is 0 Å². The summed E-state index contributed by atoms with van der Waals surface area (Å²) < 4.78 is 5.84. The van der Waals surface area contributed by atoms with Gasteiger partial charge in [0.2, 0.25) is 0 Å². The Labute approximate surface area is 89.4 Å². The van der Waals surface area contributed by atoms with Gasteiger partial charge in [0, 0.05) is 5.39 Å². The van der Waals surface area contributed by atoms with E-state index in [9.17, 15) is 0 Å². The van der Waals surface area contributed by atoms with Gasteiger partial charge in [-0.1, -0.05) is 24.3 Å². The average molecular weight is 198 g/mol.